The second kappa shape index (κ2) is 4.90. The van der Waals surface area contributed by atoms with Crippen LogP contribution in [-0.4, -0.2) is 19.4 Å². The number of carbonyl (C=O) groups is 2. The standard InChI is InChI=1S/C12H16N2O2/c1-9-5-4-6-10(7-9)12(2,13-3)11(16)14-8-15/h4-8,13H,1-3H3,(H,14,15,16). The monoisotopic (exact) mass is 220 g/mol. The van der Waals surface area contributed by atoms with Crippen molar-refractivity contribution in [3.8, 4) is 0 Å². The average molecular weight is 220 g/mol. The lowest BCUT2D eigenvalue weighted by Gasteiger charge is -2.27. The third-order valence-corrected chi connectivity index (χ3v) is 2.74. The summed E-state index contributed by atoms with van der Waals surface area (Å²) in [5.41, 5.74) is 1.000. The van der Waals surface area contributed by atoms with Crippen molar-refractivity contribution >= 4 is 12.3 Å². The number of rotatable bonds is 4. The molecule has 0 aliphatic carbocycles. The number of benzene rings is 1. The van der Waals surface area contributed by atoms with Crippen LogP contribution in [0.4, 0.5) is 0 Å². The first-order valence-electron chi connectivity index (χ1n) is 5.05. The van der Waals surface area contributed by atoms with Crippen molar-refractivity contribution in [2.24, 2.45) is 0 Å². The lowest BCUT2D eigenvalue weighted by molar-refractivity contribution is -0.130. The van der Waals surface area contributed by atoms with Crippen LogP contribution in [-0.2, 0) is 15.1 Å². The lowest BCUT2D eigenvalue weighted by Crippen LogP contribution is -2.50. The first kappa shape index (κ1) is 12.4. The van der Waals surface area contributed by atoms with E-state index < -0.39 is 5.54 Å². The van der Waals surface area contributed by atoms with E-state index in [1.165, 1.54) is 0 Å². The highest BCUT2D eigenvalue weighted by Gasteiger charge is 2.33. The highest BCUT2D eigenvalue weighted by Crippen LogP contribution is 2.21. The summed E-state index contributed by atoms with van der Waals surface area (Å²) in [7, 11) is 1.69. The molecule has 86 valence electrons. The third kappa shape index (κ3) is 2.28. The largest absolute Gasteiger partial charge is 0.303 e. The minimum Gasteiger partial charge on any atom is -0.303 e. The summed E-state index contributed by atoms with van der Waals surface area (Å²) in [4.78, 5) is 22.1. The van der Waals surface area contributed by atoms with E-state index >= 15 is 0 Å². The highest BCUT2D eigenvalue weighted by molar-refractivity contribution is 5.93. The van der Waals surface area contributed by atoms with Gasteiger partial charge in [-0.25, -0.2) is 0 Å². The predicted octanol–water partition coefficient (Wildman–Crippen LogP) is 0.702. The number of hydrogen-bond acceptors (Lipinski definition) is 3. The number of imide groups is 1. The topological polar surface area (TPSA) is 58.2 Å². The van der Waals surface area contributed by atoms with Crippen LogP contribution in [0.2, 0.25) is 0 Å². The SMILES string of the molecule is CNC(C)(C(=O)NC=O)c1cccc(C)c1. The molecule has 0 aliphatic heterocycles. The molecule has 1 rings (SSSR count). The molecule has 4 heteroatoms. The molecule has 0 saturated heterocycles. The molecule has 1 unspecified atom stereocenters. The quantitative estimate of drug-likeness (QED) is 0.734. The molecular weight excluding hydrogens is 204 g/mol. The van der Waals surface area contributed by atoms with E-state index in [9.17, 15) is 9.59 Å². The van der Waals surface area contributed by atoms with Crippen LogP contribution in [0, 0.1) is 6.92 Å². The fourth-order valence-corrected chi connectivity index (χ4v) is 1.54. The van der Waals surface area contributed by atoms with Gasteiger partial charge in [0.25, 0.3) is 5.91 Å². The Morgan fingerprint density at radius 1 is 1.44 bits per heavy atom. The van der Waals surface area contributed by atoms with Crippen molar-refractivity contribution in [1.82, 2.24) is 10.6 Å². The van der Waals surface area contributed by atoms with Gasteiger partial charge < -0.3 is 5.32 Å². The van der Waals surface area contributed by atoms with Gasteiger partial charge in [0.1, 0.15) is 5.54 Å². The molecule has 1 atom stereocenters. The van der Waals surface area contributed by atoms with E-state index in [0.29, 0.717) is 6.41 Å². The maximum Gasteiger partial charge on any atom is 0.250 e. The Morgan fingerprint density at radius 3 is 2.62 bits per heavy atom. The summed E-state index contributed by atoms with van der Waals surface area (Å²) in [6.07, 6.45) is 0.397. The highest BCUT2D eigenvalue weighted by atomic mass is 16.2. The van der Waals surface area contributed by atoms with E-state index in [-0.39, 0.29) is 5.91 Å². The predicted molar refractivity (Wildman–Crippen MR) is 61.8 cm³/mol. The summed E-state index contributed by atoms with van der Waals surface area (Å²) in [5, 5.41) is 5.11. The van der Waals surface area contributed by atoms with E-state index in [2.05, 4.69) is 10.6 Å². The van der Waals surface area contributed by atoms with E-state index in [4.69, 9.17) is 0 Å². The Morgan fingerprint density at radius 2 is 2.12 bits per heavy atom. The van der Waals surface area contributed by atoms with E-state index in [1.54, 1.807) is 14.0 Å². The molecule has 2 amide bonds. The van der Waals surface area contributed by atoms with Crippen LogP contribution in [0.3, 0.4) is 0 Å². The molecule has 0 saturated carbocycles. The van der Waals surface area contributed by atoms with Crippen LogP contribution >= 0.6 is 0 Å². The van der Waals surface area contributed by atoms with Crippen molar-refractivity contribution in [3.05, 3.63) is 35.4 Å². The van der Waals surface area contributed by atoms with Crippen molar-refractivity contribution in [2.45, 2.75) is 19.4 Å². The van der Waals surface area contributed by atoms with Crippen molar-refractivity contribution in [1.29, 1.82) is 0 Å². The fraction of sp³-hybridized carbons (Fsp3) is 0.333. The number of likely N-dealkylation sites (N-methyl/N-ethyl adjacent to an activating group) is 1. The molecule has 4 nitrogen and oxygen atoms in total. The van der Waals surface area contributed by atoms with Crippen LogP contribution < -0.4 is 10.6 Å². The Kier molecular flexibility index (Phi) is 3.79. The summed E-state index contributed by atoms with van der Waals surface area (Å²) in [6, 6.07) is 7.61. The molecule has 0 spiro atoms. The van der Waals surface area contributed by atoms with Gasteiger partial charge in [0.15, 0.2) is 0 Å². The van der Waals surface area contributed by atoms with Gasteiger partial charge in [-0.2, -0.15) is 0 Å². The Balaban J connectivity index is 3.13. The average Bonchev–Trinajstić information content (AvgIpc) is 2.28. The van der Waals surface area contributed by atoms with Crippen LogP contribution in [0.25, 0.3) is 0 Å². The maximum absolute atomic E-state index is 11.8. The molecule has 2 N–H and O–H groups in total. The second-order valence-corrected chi connectivity index (χ2v) is 3.84. The smallest absolute Gasteiger partial charge is 0.250 e. The summed E-state index contributed by atoms with van der Waals surface area (Å²) < 4.78 is 0. The normalized spacial score (nSPS) is 13.9. The number of carbonyl (C=O) groups excluding carboxylic acids is 2. The number of nitrogens with one attached hydrogen (secondary N) is 2. The Bertz CT molecular complexity index is 404. The first-order valence-corrected chi connectivity index (χ1v) is 5.05. The molecule has 0 radical (unpaired) electrons. The number of hydrogen-bond donors (Lipinski definition) is 2. The zero-order chi connectivity index (χ0) is 12.2. The maximum atomic E-state index is 11.8. The van der Waals surface area contributed by atoms with Gasteiger partial charge in [0, 0.05) is 0 Å². The van der Waals surface area contributed by atoms with Gasteiger partial charge in [-0.05, 0) is 26.5 Å². The van der Waals surface area contributed by atoms with Gasteiger partial charge >= 0.3 is 0 Å². The zero-order valence-electron chi connectivity index (χ0n) is 9.70. The van der Waals surface area contributed by atoms with Crippen LogP contribution in [0.5, 0.6) is 0 Å². The van der Waals surface area contributed by atoms with Crippen LogP contribution in [0.15, 0.2) is 24.3 Å². The van der Waals surface area contributed by atoms with Gasteiger partial charge in [-0.1, -0.05) is 29.8 Å². The van der Waals surface area contributed by atoms with Gasteiger partial charge in [0.05, 0.1) is 0 Å². The lowest BCUT2D eigenvalue weighted by atomic mass is 9.90. The summed E-state index contributed by atoms with van der Waals surface area (Å²) in [5.74, 6) is -0.365. The van der Waals surface area contributed by atoms with Gasteiger partial charge in [0.2, 0.25) is 6.41 Å². The van der Waals surface area contributed by atoms with E-state index in [0.717, 1.165) is 11.1 Å². The zero-order valence-corrected chi connectivity index (χ0v) is 9.70. The fourth-order valence-electron chi connectivity index (χ4n) is 1.54. The second-order valence-electron chi connectivity index (χ2n) is 3.84. The Hall–Kier alpha value is -1.68. The summed E-state index contributed by atoms with van der Waals surface area (Å²) >= 11 is 0. The van der Waals surface area contributed by atoms with Crippen molar-refractivity contribution in [2.75, 3.05) is 7.05 Å². The molecule has 0 aliphatic rings. The van der Waals surface area contributed by atoms with Crippen LogP contribution in [0.1, 0.15) is 18.1 Å². The van der Waals surface area contributed by atoms with Crippen molar-refractivity contribution < 1.29 is 9.59 Å². The molecule has 1 aromatic rings. The molecule has 0 fully saturated rings. The Labute approximate surface area is 95.0 Å². The minimum atomic E-state index is -0.896. The third-order valence-electron chi connectivity index (χ3n) is 2.74. The van der Waals surface area contributed by atoms with Gasteiger partial charge in [-0.15, -0.1) is 0 Å². The minimum absolute atomic E-state index is 0.365. The molecule has 0 aromatic heterocycles. The van der Waals surface area contributed by atoms with E-state index in [1.807, 2.05) is 31.2 Å². The van der Waals surface area contributed by atoms with Gasteiger partial charge in [-0.3, -0.25) is 14.9 Å². The number of amides is 2. The molecular formula is C12H16N2O2. The van der Waals surface area contributed by atoms with Crippen molar-refractivity contribution in [3.63, 3.8) is 0 Å². The summed E-state index contributed by atoms with van der Waals surface area (Å²) in [6.45, 7) is 3.69. The first-order chi connectivity index (χ1) is 7.54. The number of aryl methyl sites for hydroxylation is 1. The molecule has 1 aromatic carbocycles. The molecule has 0 heterocycles. The molecule has 0 bridgehead atoms. The molecule has 16 heavy (non-hydrogen) atoms.